The minimum Gasteiger partial charge on any atom is -0.317 e. The minimum absolute atomic E-state index is 0.213. The van der Waals surface area contributed by atoms with E-state index in [1.165, 1.54) is 0 Å². The SMILES string of the molecule is O=S1(=O)CCc2nc(C3CCNCC3)sc2C1. The number of nitrogens with one attached hydrogen (secondary N) is 1. The summed E-state index contributed by atoms with van der Waals surface area (Å²) in [6, 6.07) is 0. The van der Waals surface area contributed by atoms with Crippen LogP contribution in [0.3, 0.4) is 0 Å². The summed E-state index contributed by atoms with van der Waals surface area (Å²) < 4.78 is 23.1. The Balaban J connectivity index is 1.86. The van der Waals surface area contributed by atoms with Crippen molar-refractivity contribution in [2.75, 3.05) is 18.8 Å². The quantitative estimate of drug-likeness (QED) is 0.831. The van der Waals surface area contributed by atoms with E-state index in [-0.39, 0.29) is 11.5 Å². The van der Waals surface area contributed by atoms with Gasteiger partial charge in [-0.15, -0.1) is 11.3 Å². The first kappa shape index (κ1) is 11.6. The predicted octanol–water partition coefficient (Wildman–Crippen LogP) is 1.08. The molecule has 2 aliphatic heterocycles. The lowest BCUT2D eigenvalue weighted by molar-refractivity contribution is 0.458. The molecule has 1 fully saturated rings. The first-order valence-corrected chi connectivity index (χ1v) is 8.67. The molecule has 0 amide bonds. The van der Waals surface area contributed by atoms with E-state index in [2.05, 4.69) is 10.3 Å². The predicted molar refractivity (Wildman–Crippen MR) is 68.2 cm³/mol. The summed E-state index contributed by atoms with van der Waals surface area (Å²) in [7, 11) is -2.86. The highest BCUT2D eigenvalue weighted by atomic mass is 32.2. The molecular weight excluding hydrogens is 256 g/mol. The lowest BCUT2D eigenvalue weighted by Crippen LogP contribution is -2.26. The van der Waals surface area contributed by atoms with Crippen LogP contribution in [0.15, 0.2) is 0 Å². The summed E-state index contributed by atoms with van der Waals surface area (Å²) in [5.74, 6) is 1.02. The van der Waals surface area contributed by atoms with Gasteiger partial charge in [0.15, 0.2) is 9.84 Å². The van der Waals surface area contributed by atoms with E-state index in [0.717, 1.165) is 41.5 Å². The molecule has 0 atom stereocenters. The number of fused-ring (bicyclic) bond motifs is 1. The highest BCUT2D eigenvalue weighted by Crippen LogP contribution is 2.33. The molecular formula is C11H16N2O2S2. The molecule has 0 bridgehead atoms. The number of sulfone groups is 1. The van der Waals surface area contributed by atoms with Gasteiger partial charge in [0.05, 0.1) is 22.2 Å². The van der Waals surface area contributed by atoms with E-state index in [1.807, 2.05) is 0 Å². The molecule has 0 radical (unpaired) electrons. The monoisotopic (exact) mass is 272 g/mol. The van der Waals surface area contributed by atoms with Crippen molar-refractivity contribution < 1.29 is 8.42 Å². The Kier molecular flexibility index (Phi) is 2.96. The Hall–Kier alpha value is -0.460. The Morgan fingerprint density at radius 1 is 1.29 bits per heavy atom. The van der Waals surface area contributed by atoms with Gasteiger partial charge in [-0.3, -0.25) is 0 Å². The average Bonchev–Trinajstić information content (AvgIpc) is 2.71. The number of hydrogen-bond donors (Lipinski definition) is 1. The third-order valence-electron chi connectivity index (χ3n) is 3.48. The van der Waals surface area contributed by atoms with Crippen molar-refractivity contribution in [2.24, 2.45) is 0 Å². The fourth-order valence-electron chi connectivity index (χ4n) is 2.48. The van der Waals surface area contributed by atoms with E-state index >= 15 is 0 Å². The van der Waals surface area contributed by atoms with E-state index in [4.69, 9.17) is 0 Å². The molecule has 4 nitrogen and oxygen atoms in total. The summed E-state index contributed by atoms with van der Waals surface area (Å²) in [5, 5.41) is 4.50. The zero-order valence-corrected chi connectivity index (χ0v) is 11.2. The maximum Gasteiger partial charge on any atom is 0.155 e. The number of aromatic nitrogens is 1. The van der Waals surface area contributed by atoms with Crippen LogP contribution in [0.2, 0.25) is 0 Å². The number of piperidine rings is 1. The average molecular weight is 272 g/mol. The summed E-state index contributed by atoms with van der Waals surface area (Å²) >= 11 is 1.63. The van der Waals surface area contributed by atoms with E-state index in [1.54, 1.807) is 11.3 Å². The topological polar surface area (TPSA) is 59.1 Å². The molecule has 17 heavy (non-hydrogen) atoms. The van der Waals surface area contributed by atoms with Crippen LogP contribution in [0.4, 0.5) is 0 Å². The summed E-state index contributed by atoms with van der Waals surface area (Å²) in [4.78, 5) is 5.66. The van der Waals surface area contributed by atoms with Crippen molar-refractivity contribution in [1.29, 1.82) is 0 Å². The zero-order valence-electron chi connectivity index (χ0n) is 9.61. The lowest BCUT2D eigenvalue weighted by Gasteiger charge is -2.20. The van der Waals surface area contributed by atoms with Gasteiger partial charge in [0.2, 0.25) is 0 Å². The molecule has 0 aliphatic carbocycles. The fraction of sp³-hybridized carbons (Fsp3) is 0.727. The maximum atomic E-state index is 11.6. The minimum atomic E-state index is -2.86. The second kappa shape index (κ2) is 4.33. The number of hydrogen-bond acceptors (Lipinski definition) is 5. The van der Waals surface area contributed by atoms with Gasteiger partial charge in [0, 0.05) is 17.2 Å². The van der Waals surface area contributed by atoms with Gasteiger partial charge in [0.25, 0.3) is 0 Å². The van der Waals surface area contributed by atoms with Crippen LogP contribution in [0.5, 0.6) is 0 Å². The van der Waals surface area contributed by atoms with Crippen LogP contribution in [0.1, 0.15) is 34.3 Å². The van der Waals surface area contributed by atoms with Gasteiger partial charge in [-0.05, 0) is 25.9 Å². The van der Waals surface area contributed by atoms with E-state index in [0.29, 0.717) is 12.3 Å². The second-order valence-corrected chi connectivity index (χ2v) is 8.09. The molecule has 0 spiro atoms. The molecule has 3 rings (SSSR count). The van der Waals surface area contributed by atoms with Crippen molar-refractivity contribution in [2.45, 2.75) is 30.9 Å². The molecule has 3 heterocycles. The number of thiazole rings is 1. The highest BCUT2D eigenvalue weighted by molar-refractivity contribution is 7.90. The highest BCUT2D eigenvalue weighted by Gasteiger charge is 2.27. The molecule has 1 N–H and O–H groups in total. The first-order valence-electron chi connectivity index (χ1n) is 6.04. The van der Waals surface area contributed by atoms with Gasteiger partial charge in [-0.1, -0.05) is 0 Å². The van der Waals surface area contributed by atoms with Gasteiger partial charge >= 0.3 is 0 Å². The zero-order chi connectivity index (χ0) is 11.9. The molecule has 1 saturated heterocycles. The summed E-state index contributed by atoms with van der Waals surface area (Å²) in [6.45, 7) is 2.10. The van der Waals surface area contributed by atoms with Crippen LogP contribution in [-0.4, -0.2) is 32.2 Å². The van der Waals surface area contributed by atoms with Crippen LogP contribution in [0, 0.1) is 0 Å². The Bertz CT molecular complexity index is 516. The van der Waals surface area contributed by atoms with Crippen LogP contribution < -0.4 is 5.32 Å². The normalized spacial score (nSPS) is 24.5. The third-order valence-corrected chi connectivity index (χ3v) is 6.48. The van der Waals surface area contributed by atoms with Gasteiger partial charge in [-0.25, -0.2) is 13.4 Å². The largest absolute Gasteiger partial charge is 0.317 e. The van der Waals surface area contributed by atoms with Gasteiger partial charge in [0.1, 0.15) is 0 Å². The molecule has 0 unspecified atom stereocenters. The Morgan fingerprint density at radius 3 is 2.82 bits per heavy atom. The first-order chi connectivity index (χ1) is 8.14. The lowest BCUT2D eigenvalue weighted by atomic mass is 9.99. The van der Waals surface area contributed by atoms with Gasteiger partial charge < -0.3 is 5.32 Å². The van der Waals surface area contributed by atoms with E-state index in [9.17, 15) is 8.42 Å². The molecule has 0 aromatic carbocycles. The Labute approximate surface area is 105 Å². The van der Waals surface area contributed by atoms with Crippen molar-refractivity contribution in [1.82, 2.24) is 10.3 Å². The maximum absolute atomic E-state index is 11.6. The number of rotatable bonds is 1. The second-order valence-electron chi connectivity index (χ2n) is 4.79. The van der Waals surface area contributed by atoms with Crippen LogP contribution >= 0.6 is 11.3 Å². The van der Waals surface area contributed by atoms with Crippen molar-refractivity contribution >= 4 is 21.2 Å². The molecule has 6 heteroatoms. The molecule has 1 aromatic heterocycles. The Morgan fingerprint density at radius 2 is 2.06 bits per heavy atom. The number of nitrogens with zero attached hydrogens (tertiary/aromatic N) is 1. The number of aryl methyl sites for hydroxylation is 1. The van der Waals surface area contributed by atoms with Crippen molar-refractivity contribution in [3.8, 4) is 0 Å². The van der Waals surface area contributed by atoms with Crippen molar-refractivity contribution in [3.63, 3.8) is 0 Å². The molecule has 1 aromatic rings. The standard InChI is InChI=1S/C11H16N2O2S2/c14-17(15)6-3-9-10(7-17)16-11(13-9)8-1-4-12-5-2-8/h8,12H,1-7H2. The fourth-order valence-corrected chi connectivity index (χ4v) is 5.54. The third kappa shape index (κ3) is 2.39. The van der Waals surface area contributed by atoms with Crippen LogP contribution in [-0.2, 0) is 22.0 Å². The van der Waals surface area contributed by atoms with E-state index < -0.39 is 9.84 Å². The molecule has 94 valence electrons. The van der Waals surface area contributed by atoms with Crippen molar-refractivity contribution in [3.05, 3.63) is 15.6 Å². The van der Waals surface area contributed by atoms with Crippen LogP contribution in [0.25, 0.3) is 0 Å². The molecule has 0 saturated carbocycles. The summed E-state index contributed by atoms with van der Waals surface area (Å²) in [5.41, 5.74) is 1.04. The summed E-state index contributed by atoms with van der Waals surface area (Å²) in [6.07, 6.45) is 2.86. The smallest absolute Gasteiger partial charge is 0.155 e. The van der Waals surface area contributed by atoms with Gasteiger partial charge in [-0.2, -0.15) is 0 Å². The molecule has 2 aliphatic rings.